The van der Waals surface area contributed by atoms with E-state index < -0.39 is 0 Å². The van der Waals surface area contributed by atoms with E-state index in [4.69, 9.17) is 5.73 Å². The molecular formula is C14H22N2OS. The van der Waals surface area contributed by atoms with Crippen molar-refractivity contribution in [2.24, 2.45) is 5.73 Å². The summed E-state index contributed by atoms with van der Waals surface area (Å²) in [5, 5.41) is 2.87. The average molecular weight is 266 g/mol. The number of amides is 1. The molecule has 18 heavy (non-hydrogen) atoms. The van der Waals surface area contributed by atoms with Gasteiger partial charge in [-0.15, -0.1) is 11.8 Å². The third-order valence-corrected chi connectivity index (χ3v) is 3.58. The minimum atomic E-state index is 0.0735. The number of thioether (sulfide) groups is 1. The number of carbonyl (C=O) groups is 1. The summed E-state index contributed by atoms with van der Waals surface area (Å²) in [6, 6.07) is 8.43. The van der Waals surface area contributed by atoms with E-state index in [2.05, 4.69) is 12.2 Å². The van der Waals surface area contributed by atoms with Crippen molar-refractivity contribution in [2.75, 3.05) is 5.75 Å². The molecule has 0 aliphatic heterocycles. The standard InChI is InChI=1S/C14H22N2OS/c1-4-13(15)11-5-7-12(8-6-11)18-9-14(17)16-10(2)3/h5-8,10,13H,4,9,15H2,1-3H3,(H,16,17). The van der Waals surface area contributed by atoms with Crippen LogP contribution in [0.1, 0.15) is 38.8 Å². The fourth-order valence-electron chi connectivity index (χ4n) is 1.56. The molecule has 1 aromatic carbocycles. The Balaban J connectivity index is 2.46. The summed E-state index contributed by atoms with van der Waals surface area (Å²) in [5.41, 5.74) is 7.10. The van der Waals surface area contributed by atoms with Crippen LogP contribution in [-0.4, -0.2) is 17.7 Å². The van der Waals surface area contributed by atoms with E-state index in [0.29, 0.717) is 5.75 Å². The maximum absolute atomic E-state index is 11.5. The highest BCUT2D eigenvalue weighted by Gasteiger charge is 2.06. The monoisotopic (exact) mass is 266 g/mol. The number of nitrogens with one attached hydrogen (secondary N) is 1. The first-order valence-electron chi connectivity index (χ1n) is 6.30. The Morgan fingerprint density at radius 1 is 1.33 bits per heavy atom. The van der Waals surface area contributed by atoms with Gasteiger partial charge in [-0.05, 0) is 38.0 Å². The zero-order chi connectivity index (χ0) is 13.5. The normalized spacial score (nSPS) is 12.5. The molecule has 0 aliphatic carbocycles. The molecule has 1 unspecified atom stereocenters. The van der Waals surface area contributed by atoms with Crippen LogP contribution >= 0.6 is 11.8 Å². The molecular weight excluding hydrogens is 244 g/mol. The molecule has 100 valence electrons. The second-order valence-corrected chi connectivity index (χ2v) is 5.64. The van der Waals surface area contributed by atoms with Crippen LogP contribution in [0.25, 0.3) is 0 Å². The largest absolute Gasteiger partial charge is 0.353 e. The van der Waals surface area contributed by atoms with Gasteiger partial charge in [-0.3, -0.25) is 4.79 Å². The van der Waals surface area contributed by atoms with Crippen molar-refractivity contribution in [3.8, 4) is 0 Å². The predicted octanol–water partition coefficient (Wildman–Crippen LogP) is 2.71. The van der Waals surface area contributed by atoms with E-state index >= 15 is 0 Å². The number of hydrogen-bond donors (Lipinski definition) is 2. The Bertz CT molecular complexity index is 376. The third kappa shape index (κ3) is 5.10. The van der Waals surface area contributed by atoms with E-state index in [1.807, 2.05) is 38.1 Å². The van der Waals surface area contributed by atoms with Crippen molar-refractivity contribution in [1.29, 1.82) is 0 Å². The van der Waals surface area contributed by atoms with Gasteiger partial charge in [0.15, 0.2) is 0 Å². The maximum atomic E-state index is 11.5. The summed E-state index contributed by atoms with van der Waals surface area (Å²) in [7, 11) is 0. The van der Waals surface area contributed by atoms with E-state index in [1.165, 1.54) is 0 Å². The maximum Gasteiger partial charge on any atom is 0.230 e. The molecule has 0 aliphatic rings. The summed E-state index contributed by atoms with van der Waals surface area (Å²) in [4.78, 5) is 12.6. The highest BCUT2D eigenvalue weighted by Crippen LogP contribution is 2.21. The molecule has 3 nitrogen and oxygen atoms in total. The number of benzene rings is 1. The first-order chi connectivity index (χ1) is 8.52. The minimum absolute atomic E-state index is 0.0735. The summed E-state index contributed by atoms with van der Waals surface area (Å²) in [6.07, 6.45) is 0.934. The van der Waals surface area contributed by atoms with Crippen LogP contribution in [0.15, 0.2) is 29.2 Å². The SMILES string of the molecule is CCC(N)c1ccc(SCC(=O)NC(C)C)cc1. The second-order valence-electron chi connectivity index (χ2n) is 4.59. The molecule has 1 rings (SSSR count). The molecule has 4 heteroatoms. The van der Waals surface area contributed by atoms with Gasteiger partial charge in [0.25, 0.3) is 0 Å². The molecule has 0 fully saturated rings. The Morgan fingerprint density at radius 3 is 2.44 bits per heavy atom. The lowest BCUT2D eigenvalue weighted by Gasteiger charge is -2.10. The summed E-state index contributed by atoms with van der Waals surface area (Å²) in [5.74, 6) is 0.529. The highest BCUT2D eigenvalue weighted by molar-refractivity contribution is 8.00. The zero-order valence-electron chi connectivity index (χ0n) is 11.3. The van der Waals surface area contributed by atoms with Gasteiger partial charge in [0.2, 0.25) is 5.91 Å². The Morgan fingerprint density at radius 2 is 1.94 bits per heavy atom. The van der Waals surface area contributed by atoms with Crippen LogP contribution in [-0.2, 0) is 4.79 Å². The Kier molecular flexibility index (Phi) is 6.22. The van der Waals surface area contributed by atoms with Crippen LogP contribution in [0.4, 0.5) is 0 Å². The van der Waals surface area contributed by atoms with E-state index in [0.717, 1.165) is 16.9 Å². The van der Waals surface area contributed by atoms with Crippen molar-refractivity contribution in [3.63, 3.8) is 0 Å². The van der Waals surface area contributed by atoms with Gasteiger partial charge in [-0.25, -0.2) is 0 Å². The molecule has 1 amide bonds. The Labute approximate surface area is 114 Å². The molecule has 1 aromatic rings. The van der Waals surface area contributed by atoms with Crippen LogP contribution < -0.4 is 11.1 Å². The molecule has 0 saturated heterocycles. The van der Waals surface area contributed by atoms with Crippen LogP contribution in [0, 0.1) is 0 Å². The average Bonchev–Trinajstić information content (AvgIpc) is 2.35. The van der Waals surface area contributed by atoms with Crippen molar-refractivity contribution >= 4 is 17.7 Å². The van der Waals surface area contributed by atoms with Crippen LogP contribution in [0.2, 0.25) is 0 Å². The van der Waals surface area contributed by atoms with Crippen molar-refractivity contribution in [1.82, 2.24) is 5.32 Å². The summed E-state index contributed by atoms with van der Waals surface area (Å²) < 4.78 is 0. The van der Waals surface area contributed by atoms with Gasteiger partial charge < -0.3 is 11.1 Å². The fraction of sp³-hybridized carbons (Fsp3) is 0.500. The number of carbonyl (C=O) groups excluding carboxylic acids is 1. The van der Waals surface area contributed by atoms with Crippen molar-refractivity contribution in [3.05, 3.63) is 29.8 Å². The van der Waals surface area contributed by atoms with Crippen molar-refractivity contribution in [2.45, 2.75) is 44.2 Å². The molecule has 3 N–H and O–H groups in total. The van der Waals surface area contributed by atoms with Gasteiger partial charge in [0.05, 0.1) is 5.75 Å². The number of hydrogen-bond acceptors (Lipinski definition) is 3. The summed E-state index contributed by atoms with van der Waals surface area (Å²) >= 11 is 1.55. The summed E-state index contributed by atoms with van der Waals surface area (Å²) in [6.45, 7) is 6.00. The first-order valence-corrected chi connectivity index (χ1v) is 7.29. The molecule has 0 heterocycles. The number of rotatable bonds is 6. The molecule has 0 bridgehead atoms. The lowest BCUT2D eigenvalue weighted by molar-refractivity contribution is -0.119. The molecule has 1 atom stereocenters. The van der Waals surface area contributed by atoms with E-state index in [9.17, 15) is 4.79 Å². The smallest absolute Gasteiger partial charge is 0.230 e. The van der Waals surface area contributed by atoms with Gasteiger partial charge in [-0.1, -0.05) is 19.1 Å². The van der Waals surface area contributed by atoms with E-state index in [-0.39, 0.29) is 18.0 Å². The Hall–Kier alpha value is -1.00. The van der Waals surface area contributed by atoms with Gasteiger partial charge in [-0.2, -0.15) is 0 Å². The molecule has 0 radical (unpaired) electrons. The molecule has 0 aromatic heterocycles. The quantitative estimate of drug-likeness (QED) is 0.778. The van der Waals surface area contributed by atoms with Crippen LogP contribution in [0.5, 0.6) is 0 Å². The van der Waals surface area contributed by atoms with Gasteiger partial charge >= 0.3 is 0 Å². The van der Waals surface area contributed by atoms with Gasteiger partial charge in [0, 0.05) is 17.0 Å². The fourth-order valence-corrected chi connectivity index (χ4v) is 2.27. The van der Waals surface area contributed by atoms with Gasteiger partial charge in [0.1, 0.15) is 0 Å². The molecule has 0 saturated carbocycles. The highest BCUT2D eigenvalue weighted by atomic mass is 32.2. The van der Waals surface area contributed by atoms with Crippen molar-refractivity contribution < 1.29 is 4.79 Å². The minimum Gasteiger partial charge on any atom is -0.353 e. The topological polar surface area (TPSA) is 55.1 Å². The lowest BCUT2D eigenvalue weighted by Crippen LogP contribution is -2.31. The zero-order valence-corrected chi connectivity index (χ0v) is 12.1. The predicted molar refractivity (Wildman–Crippen MR) is 77.7 cm³/mol. The number of nitrogens with two attached hydrogens (primary N) is 1. The van der Waals surface area contributed by atoms with E-state index in [1.54, 1.807) is 11.8 Å². The van der Waals surface area contributed by atoms with Crippen LogP contribution in [0.3, 0.4) is 0 Å². The lowest BCUT2D eigenvalue weighted by atomic mass is 10.1. The first kappa shape index (κ1) is 15.1. The second kappa shape index (κ2) is 7.44. The third-order valence-electron chi connectivity index (χ3n) is 2.57. The molecule has 0 spiro atoms.